The van der Waals surface area contributed by atoms with Gasteiger partial charge < -0.3 is 10.1 Å². The Morgan fingerprint density at radius 1 is 1.57 bits per heavy atom. The molecule has 0 bridgehead atoms. The highest BCUT2D eigenvalue weighted by molar-refractivity contribution is 7.98. The van der Waals surface area contributed by atoms with Crippen LogP contribution in [0.15, 0.2) is 22.2 Å². The van der Waals surface area contributed by atoms with Gasteiger partial charge >= 0.3 is 0 Å². The quantitative estimate of drug-likeness (QED) is 0.535. The molecule has 2 aromatic rings. The smallest absolute Gasteiger partial charge is 0.253 e. The molecule has 6 heteroatoms. The first-order valence-electron chi connectivity index (χ1n) is 3.84. The minimum absolute atomic E-state index is 0.101. The lowest BCUT2D eigenvalue weighted by Gasteiger charge is -2.00. The fourth-order valence-electron chi connectivity index (χ4n) is 1.10. The number of pyridine rings is 1. The first kappa shape index (κ1) is 9.01. The highest BCUT2D eigenvalue weighted by atomic mass is 32.2. The lowest BCUT2D eigenvalue weighted by atomic mass is 10.3. The van der Waals surface area contributed by atoms with Gasteiger partial charge in [-0.1, -0.05) is 11.8 Å². The molecule has 0 aromatic carbocycles. The SMILES string of the molecule is CSc1ncc2c(O)cc(=O)[nH]c2n1. The van der Waals surface area contributed by atoms with Crippen LogP contribution in [-0.4, -0.2) is 26.3 Å². The lowest BCUT2D eigenvalue weighted by Crippen LogP contribution is -2.04. The second-order valence-corrected chi connectivity index (χ2v) is 3.41. The largest absolute Gasteiger partial charge is 0.507 e. The normalized spacial score (nSPS) is 10.6. The Morgan fingerprint density at radius 3 is 3.07 bits per heavy atom. The van der Waals surface area contributed by atoms with Gasteiger partial charge in [-0.05, 0) is 6.26 Å². The van der Waals surface area contributed by atoms with Crippen molar-refractivity contribution in [3.63, 3.8) is 0 Å². The zero-order valence-electron chi connectivity index (χ0n) is 7.31. The molecule has 2 rings (SSSR count). The summed E-state index contributed by atoms with van der Waals surface area (Å²) in [6, 6.07) is 1.10. The molecular weight excluding hydrogens is 202 g/mol. The summed E-state index contributed by atoms with van der Waals surface area (Å²) in [6.07, 6.45) is 3.32. The van der Waals surface area contributed by atoms with Gasteiger partial charge in [-0.3, -0.25) is 4.79 Å². The van der Waals surface area contributed by atoms with Crippen LogP contribution in [0.1, 0.15) is 0 Å². The third-order valence-electron chi connectivity index (χ3n) is 1.73. The Labute approximate surface area is 83.2 Å². The molecule has 0 fully saturated rings. The predicted octanol–water partition coefficient (Wildman–Crippen LogP) is 0.746. The number of thioether (sulfide) groups is 1. The van der Waals surface area contributed by atoms with Crippen LogP contribution in [0.4, 0.5) is 0 Å². The predicted molar refractivity (Wildman–Crippen MR) is 53.6 cm³/mol. The van der Waals surface area contributed by atoms with E-state index in [4.69, 9.17) is 0 Å². The van der Waals surface area contributed by atoms with Gasteiger partial charge in [-0.2, -0.15) is 0 Å². The highest BCUT2D eigenvalue weighted by Crippen LogP contribution is 2.19. The number of aromatic nitrogens is 3. The van der Waals surface area contributed by atoms with Gasteiger partial charge in [0.15, 0.2) is 5.16 Å². The van der Waals surface area contributed by atoms with Gasteiger partial charge in [-0.25, -0.2) is 9.97 Å². The van der Waals surface area contributed by atoms with Crippen molar-refractivity contribution in [3.8, 4) is 5.75 Å². The molecular formula is C8H7N3O2S. The van der Waals surface area contributed by atoms with E-state index in [1.807, 2.05) is 6.26 Å². The number of hydrogen-bond acceptors (Lipinski definition) is 5. The van der Waals surface area contributed by atoms with Crippen LogP contribution in [-0.2, 0) is 0 Å². The summed E-state index contributed by atoms with van der Waals surface area (Å²) in [4.78, 5) is 21.6. The van der Waals surface area contributed by atoms with E-state index in [0.717, 1.165) is 6.07 Å². The highest BCUT2D eigenvalue weighted by Gasteiger charge is 2.04. The van der Waals surface area contributed by atoms with Crippen molar-refractivity contribution in [1.29, 1.82) is 0 Å². The monoisotopic (exact) mass is 209 g/mol. The van der Waals surface area contributed by atoms with Crippen molar-refractivity contribution < 1.29 is 5.11 Å². The Morgan fingerprint density at radius 2 is 2.36 bits per heavy atom. The fourth-order valence-corrected chi connectivity index (χ4v) is 1.44. The molecule has 2 aromatic heterocycles. The third-order valence-corrected chi connectivity index (χ3v) is 2.30. The third kappa shape index (κ3) is 1.44. The summed E-state index contributed by atoms with van der Waals surface area (Å²) in [7, 11) is 0. The van der Waals surface area contributed by atoms with Gasteiger partial charge in [0.2, 0.25) is 0 Å². The first-order chi connectivity index (χ1) is 6.70. The molecule has 72 valence electrons. The number of nitrogens with one attached hydrogen (secondary N) is 1. The van der Waals surface area contributed by atoms with Crippen LogP contribution in [0.5, 0.6) is 5.75 Å². The molecule has 0 aliphatic carbocycles. The number of aromatic hydroxyl groups is 1. The summed E-state index contributed by atoms with van der Waals surface area (Å²) in [5.74, 6) is -0.101. The molecule has 2 heterocycles. The average Bonchev–Trinajstić information content (AvgIpc) is 2.16. The van der Waals surface area contributed by atoms with E-state index in [1.54, 1.807) is 0 Å². The molecule has 0 aliphatic rings. The average molecular weight is 209 g/mol. The van der Waals surface area contributed by atoms with E-state index in [2.05, 4.69) is 15.0 Å². The van der Waals surface area contributed by atoms with E-state index >= 15 is 0 Å². The zero-order valence-corrected chi connectivity index (χ0v) is 8.13. The van der Waals surface area contributed by atoms with Crippen molar-refractivity contribution in [2.24, 2.45) is 0 Å². The van der Waals surface area contributed by atoms with Crippen LogP contribution in [0.2, 0.25) is 0 Å². The Hall–Kier alpha value is -1.56. The first-order valence-corrected chi connectivity index (χ1v) is 5.06. The van der Waals surface area contributed by atoms with E-state index in [-0.39, 0.29) is 11.3 Å². The second kappa shape index (κ2) is 3.30. The molecule has 0 unspecified atom stereocenters. The maximum absolute atomic E-state index is 11.0. The van der Waals surface area contributed by atoms with Crippen LogP contribution < -0.4 is 5.56 Å². The summed E-state index contributed by atoms with van der Waals surface area (Å²) in [5.41, 5.74) is -0.0184. The number of hydrogen-bond donors (Lipinski definition) is 2. The summed E-state index contributed by atoms with van der Waals surface area (Å²) < 4.78 is 0. The Bertz CT molecular complexity index is 538. The Kier molecular flexibility index (Phi) is 2.12. The molecule has 14 heavy (non-hydrogen) atoms. The summed E-state index contributed by atoms with van der Waals surface area (Å²) in [5, 5.41) is 10.4. The van der Waals surface area contributed by atoms with Crippen LogP contribution in [0.25, 0.3) is 11.0 Å². The molecule has 0 spiro atoms. The maximum atomic E-state index is 11.0. The van der Waals surface area contributed by atoms with Crippen LogP contribution in [0.3, 0.4) is 0 Å². The number of fused-ring (bicyclic) bond motifs is 1. The van der Waals surface area contributed by atoms with Gasteiger partial charge in [-0.15, -0.1) is 0 Å². The lowest BCUT2D eigenvalue weighted by molar-refractivity contribution is 0.480. The van der Waals surface area contributed by atoms with Crippen molar-refractivity contribution >= 4 is 22.8 Å². The number of nitrogens with zero attached hydrogens (tertiary/aromatic N) is 2. The molecule has 0 saturated heterocycles. The Balaban J connectivity index is 2.82. The van der Waals surface area contributed by atoms with Gasteiger partial charge in [0.1, 0.15) is 11.4 Å². The van der Waals surface area contributed by atoms with Gasteiger partial charge in [0, 0.05) is 12.3 Å². The molecule has 2 N–H and O–H groups in total. The number of H-pyrrole nitrogens is 1. The maximum Gasteiger partial charge on any atom is 0.253 e. The molecule has 0 amide bonds. The molecule has 0 saturated carbocycles. The van der Waals surface area contributed by atoms with E-state index in [0.29, 0.717) is 16.2 Å². The van der Waals surface area contributed by atoms with E-state index in [9.17, 15) is 9.90 Å². The minimum atomic E-state index is -0.374. The van der Waals surface area contributed by atoms with E-state index in [1.165, 1.54) is 18.0 Å². The van der Waals surface area contributed by atoms with Gasteiger partial charge in [0.25, 0.3) is 5.56 Å². The topological polar surface area (TPSA) is 78.9 Å². The molecule has 0 aliphatic heterocycles. The zero-order chi connectivity index (χ0) is 10.1. The molecule has 5 nitrogen and oxygen atoms in total. The minimum Gasteiger partial charge on any atom is -0.507 e. The standard InChI is InChI=1S/C8H7N3O2S/c1-14-8-9-3-4-5(12)2-6(13)10-7(4)11-8/h2-3H,1H3,(H2,9,10,11,12,13). The fraction of sp³-hybridized carbons (Fsp3) is 0.125. The van der Waals surface area contributed by atoms with Crippen LogP contribution >= 0.6 is 11.8 Å². The second-order valence-electron chi connectivity index (χ2n) is 2.64. The van der Waals surface area contributed by atoms with E-state index < -0.39 is 0 Å². The van der Waals surface area contributed by atoms with Crippen molar-refractivity contribution in [1.82, 2.24) is 15.0 Å². The van der Waals surface area contributed by atoms with Gasteiger partial charge in [0.05, 0.1) is 5.39 Å². The molecule has 0 atom stereocenters. The number of rotatable bonds is 1. The van der Waals surface area contributed by atoms with Crippen LogP contribution in [0, 0.1) is 0 Å². The molecule has 0 radical (unpaired) electrons. The van der Waals surface area contributed by atoms with Crippen molar-refractivity contribution in [2.45, 2.75) is 5.16 Å². The summed E-state index contributed by atoms with van der Waals surface area (Å²) >= 11 is 1.37. The summed E-state index contributed by atoms with van der Waals surface area (Å²) in [6.45, 7) is 0. The number of aromatic amines is 1. The van der Waals surface area contributed by atoms with Crippen molar-refractivity contribution in [3.05, 3.63) is 22.6 Å². The van der Waals surface area contributed by atoms with Crippen molar-refractivity contribution in [2.75, 3.05) is 6.26 Å².